The Morgan fingerprint density at radius 2 is 1.93 bits per heavy atom. The SMILES string of the molecule is CS(=O)(=O)CCN1CC(c2cccc(OCCO)c2)N(c2ccc(Cl)cc2)C1=O. The molecule has 1 atom stereocenters. The second-order valence-corrected chi connectivity index (χ2v) is 9.56. The lowest BCUT2D eigenvalue weighted by atomic mass is 10.1. The van der Waals surface area contributed by atoms with Crippen LogP contribution in [0.15, 0.2) is 48.5 Å². The van der Waals surface area contributed by atoms with Crippen LogP contribution < -0.4 is 9.64 Å². The van der Waals surface area contributed by atoms with Crippen molar-refractivity contribution in [2.75, 3.05) is 43.2 Å². The fraction of sp³-hybridized carbons (Fsp3) is 0.350. The topological polar surface area (TPSA) is 87.2 Å². The number of anilines is 1. The van der Waals surface area contributed by atoms with Crippen molar-refractivity contribution in [1.29, 1.82) is 0 Å². The third kappa shape index (κ3) is 5.41. The minimum atomic E-state index is -3.20. The maximum atomic E-state index is 13.1. The molecular weight excluding hydrogens is 416 g/mol. The lowest BCUT2D eigenvalue weighted by Gasteiger charge is -2.24. The van der Waals surface area contributed by atoms with Crippen LogP contribution in [0.1, 0.15) is 11.6 Å². The molecule has 1 unspecified atom stereocenters. The first kappa shape index (κ1) is 21.4. The highest BCUT2D eigenvalue weighted by Gasteiger charge is 2.39. The molecule has 7 nitrogen and oxygen atoms in total. The summed E-state index contributed by atoms with van der Waals surface area (Å²) in [6, 6.07) is 13.7. The molecule has 1 aliphatic heterocycles. The molecule has 0 aromatic heterocycles. The van der Waals surface area contributed by atoms with Crippen LogP contribution in [-0.2, 0) is 9.84 Å². The Morgan fingerprint density at radius 1 is 1.21 bits per heavy atom. The van der Waals surface area contributed by atoms with E-state index in [0.717, 1.165) is 11.8 Å². The number of hydrogen-bond donors (Lipinski definition) is 1. The Balaban J connectivity index is 1.93. The predicted molar refractivity (Wildman–Crippen MR) is 112 cm³/mol. The molecule has 1 heterocycles. The van der Waals surface area contributed by atoms with Crippen molar-refractivity contribution in [2.24, 2.45) is 0 Å². The van der Waals surface area contributed by atoms with Crippen molar-refractivity contribution < 1.29 is 23.1 Å². The molecule has 0 radical (unpaired) electrons. The summed E-state index contributed by atoms with van der Waals surface area (Å²) in [7, 11) is -3.20. The maximum Gasteiger partial charge on any atom is 0.325 e. The zero-order chi connectivity index (χ0) is 21.0. The van der Waals surface area contributed by atoms with Gasteiger partial charge in [-0.25, -0.2) is 13.2 Å². The normalized spacial score (nSPS) is 17.1. The predicted octanol–water partition coefficient (Wildman–Crippen LogP) is 2.74. The fourth-order valence-corrected chi connectivity index (χ4v) is 3.92. The van der Waals surface area contributed by atoms with Gasteiger partial charge in [0.05, 0.1) is 18.4 Å². The van der Waals surface area contributed by atoms with Gasteiger partial charge in [0.2, 0.25) is 0 Å². The minimum Gasteiger partial charge on any atom is -0.491 e. The van der Waals surface area contributed by atoms with Crippen molar-refractivity contribution in [3.05, 3.63) is 59.1 Å². The summed E-state index contributed by atoms with van der Waals surface area (Å²) < 4.78 is 28.6. The van der Waals surface area contributed by atoms with Gasteiger partial charge in [0.25, 0.3) is 0 Å². The third-order valence-corrected chi connectivity index (χ3v) is 5.80. The van der Waals surface area contributed by atoms with Crippen molar-refractivity contribution in [1.82, 2.24) is 4.90 Å². The lowest BCUT2D eigenvalue weighted by Crippen LogP contribution is -2.35. The maximum absolute atomic E-state index is 13.1. The van der Waals surface area contributed by atoms with Gasteiger partial charge in [0.15, 0.2) is 0 Å². The summed E-state index contributed by atoms with van der Waals surface area (Å²) in [6.45, 7) is 0.552. The van der Waals surface area contributed by atoms with E-state index in [9.17, 15) is 13.2 Å². The van der Waals surface area contributed by atoms with Crippen LogP contribution in [0.4, 0.5) is 10.5 Å². The molecule has 1 saturated heterocycles. The summed E-state index contributed by atoms with van der Waals surface area (Å²) in [6.07, 6.45) is 1.16. The summed E-state index contributed by atoms with van der Waals surface area (Å²) in [4.78, 5) is 16.3. The van der Waals surface area contributed by atoms with Crippen LogP contribution in [0.25, 0.3) is 0 Å². The highest BCUT2D eigenvalue weighted by atomic mass is 35.5. The summed E-state index contributed by atoms with van der Waals surface area (Å²) in [5.41, 5.74) is 1.53. The second kappa shape index (κ2) is 9.02. The molecule has 0 bridgehead atoms. The zero-order valence-corrected chi connectivity index (χ0v) is 17.6. The van der Waals surface area contributed by atoms with Crippen molar-refractivity contribution in [3.8, 4) is 5.75 Å². The highest BCUT2D eigenvalue weighted by Crippen LogP contribution is 2.36. The van der Waals surface area contributed by atoms with E-state index in [4.69, 9.17) is 21.4 Å². The van der Waals surface area contributed by atoms with E-state index >= 15 is 0 Å². The number of halogens is 1. The van der Waals surface area contributed by atoms with Gasteiger partial charge in [-0.15, -0.1) is 0 Å². The van der Waals surface area contributed by atoms with E-state index < -0.39 is 9.84 Å². The summed E-state index contributed by atoms with van der Waals surface area (Å²) in [5, 5.41) is 9.53. The molecular formula is C20H23ClN2O5S. The van der Waals surface area contributed by atoms with E-state index in [2.05, 4.69) is 0 Å². The van der Waals surface area contributed by atoms with Gasteiger partial charge in [-0.05, 0) is 42.0 Å². The van der Waals surface area contributed by atoms with Gasteiger partial charge in [-0.1, -0.05) is 23.7 Å². The van der Waals surface area contributed by atoms with Crippen LogP contribution in [0.2, 0.25) is 5.02 Å². The van der Waals surface area contributed by atoms with E-state index in [1.54, 1.807) is 40.1 Å². The van der Waals surface area contributed by atoms with E-state index in [1.807, 2.05) is 18.2 Å². The van der Waals surface area contributed by atoms with Crippen molar-refractivity contribution >= 4 is 33.2 Å². The quantitative estimate of drug-likeness (QED) is 0.684. The van der Waals surface area contributed by atoms with Gasteiger partial charge >= 0.3 is 6.03 Å². The zero-order valence-electron chi connectivity index (χ0n) is 16.0. The minimum absolute atomic E-state index is 0.0949. The van der Waals surface area contributed by atoms with Crippen LogP contribution in [-0.4, -0.2) is 62.8 Å². The lowest BCUT2D eigenvalue weighted by molar-refractivity contribution is 0.201. The largest absolute Gasteiger partial charge is 0.491 e. The van der Waals surface area contributed by atoms with Crippen molar-refractivity contribution in [3.63, 3.8) is 0 Å². The Hall–Kier alpha value is -2.29. The number of carbonyl (C=O) groups excluding carboxylic acids is 1. The average Bonchev–Trinajstić information content (AvgIpc) is 3.01. The number of urea groups is 1. The van der Waals surface area contributed by atoms with Crippen molar-refractivity contribution in [2.45, 2.75) is 6.04 Å². The van der Waals surface area contributed by atoms with Gasteiger partial charge in [-0.3, -0.25) is 4.90 Å². The number of aliphatic hydroxyl groups is 1. The Morgan fingerprint density at radius 3 is 2.59 bits per heavy atom. The standard InChI is InChI=1S/C20H23ClN2O5S/c1-29(26,27)12-9-22-14-19(15-3-2-4-18(13-15)28-11-10-24)23(20(22)25)17-7-5-16(21)6-8-17/h2-8,13,19,24H,9-12,14H2,1H3. The first-order chi connectivity index (χ1) is 13.8. The molecule has 2 aromatic carbocycles. The molecule has 29 heavy (non-hydrogen) atoms. The van der Waals surface area contributed by atoms with Crippen LogP contribution >= 0.6 is 11.6 Å². The Bertz CT molecular complexity index is 965. The van der Waals surface area contributed by atoms with Gasteiger partial charge in [-0.2, -0.15) is 0 Å². The second-order valence-electron chi connectivity index (χ2n) is 6.87. The number of sulfone groups is 1. The molecule has 156 valence electrons. The van der Waals surface area contributed by atoms with Gasteiger partial charge in [0, 0.05) is 30.1 Å². The summed E-state index contributed by atoms with van der Waals surface area (Å²) >= 11 is 5.99. The molecule has 3 rings (SSSR count). The number of rotatable bonds is 8. The molecule has 1 fully saturated rings. The number of ether oxygens (including phenoxy) is 1. The van der Waals surface area contributed by atoms with Gasteiger partial charge in [0.1, 0.15) is 22.2 Å². The summed E-state index contributed by atoms with van der Waals surface area (Å²) in [5.74, 6) is 0.495. The molecule has 9 heteroatoms. The van der Waals surface area contributed by atoms with E-state index in [0.29, 0.717) is 23.0 Å². The number of carbonyl (C=O) groups is 1. The molecule has 0 spiro atoms. The first-order valence-electron chi connectivity index (χ1n) is 9.13. The molecule has 1 N–H and O–H groups in total. The molecule has 0 aliphatic carbocycles. The highest BCUT2D eigenvalue weighted by molar-refractivity contribution is 7.90. The Labute approximate surface area is 175 Å². The number of hydrogen-bond acceptors (Lipinski definition) is 5. The number of aliphatic hydroxyl groups excluding tert-OH is 1. The van der Waals surface area contributed by atoms with Crippen LogP contribution in [0.3, 0.4) is 0 Å². The first-order valence-corrected chi connectivity index (χ1v) is 11.6. The van der Waals surface area contributed by atoms with E-state index in [1.165, 1.54) is 0 Å². The molecule has 1 aliphatic rings. The third-order valence-electron chi connectivity index (χ3n) is 4.62. The average molecular weight is 439 g/mol. The van der Waals surface area contributed by atoms with Crippen LogP contribution in [0.5, 0.6) is 5.75 Å². The monoisotopic (exact) mass is 438 g/mol. The number of benzene rings is 2. The molecule has 0 saturated carbocycles. The Kier molecular flexibility index (Phi) is 6.66. The fourth-order valence-electron chi connectivity index (χ4n) is 3.24. The van der Waals surface area contributed by atoms with Gasteiger partial charge < -0.3 is 14.7 Å². The number of nitrogens with zero attached hydrogens (tertiary/aromatic N) is 2. The number of amides is 2. The van der Waals surface area contributed by atoms with Crippen LogP contribution in [0, 0.1) is 0 Å². The van der Waals surface area contributed by atoms with E-state index in [-0.39, 0.29) is 37.6 Å². The molecule has 2 aromatic rings. The smallest absolute Gasteiger partial charge is 0.325 e. The molecule has 2 amide bonds.